The van der Waals surface area contributed by atoms with E-state index in [0.717, 1.165) is 6.07 Å². The Morgan fingerprint density at radius 1 is 1.57 bits per heavy atom. The minimum atomic E-state index is -1.37. The SMILES string of the molecule is O=C(O)C[C@H](O)c1cc(Cl)ccc1F. The molecule has 0 heterocycles. The van der Waals surface area contributed by atoms with E-state index < -0.39 is 24.3 Å². The first kappa shape index (κ1) is 10.9. The number of benzene rings is 1. The number of rotatable bonds is 3. The molecule has 2 N–H and O–H groups in total. The molecular formula is C9H8ClFO3. The zero-order valence-electron chi connectivity index (χ0n) is 7.08. The van der Waals surface area contributed by atoms with Crippen molar-refractivity contribution in [1.29, 1.82) is 0 Å². The van der Waals surface area contributed by atoms with Gasteiger partial charge in [-0.2, -0.15) is 0 Å². The summed E-state index contributed by atoms with van der Waals surface area (Å²) in [7, 11) is 0. The van der Waals surface area contributed by atoms with Gasteiger partial charge in [-0.05, 0) is 18.2 Å². The average Bonchev–Trinajstić information content (AvgIpc) is 2.08. The molecule has 0 radical (unpaired) electrons. The highest BCUT2D eigenvalue weighted by Gasteiger charge is 2.16. The number of aliphatic carboxylic acids is 1. The maximum atomic E-state index is 13.1. The summed E-state index contributed by atoms with van der Waals surface area (Å²) in [5.41, 5.74) is -0.0973. The monoisotopic (exact) mass is 218 g/mol. The van der Waals surface area contributed by atoms with Crippen LogP contribution in [0.1, 0.15) is 18.1 Å². The van der Waals surface area contributed by atoms with Crippen LogP contribution in [-0.4, -0.2) is 16.2 Å². The van der Waals surface area contributed by atoms with E-state index >= 15 is 0 Å². The summed E-state index contributed by atoms with van der Waals surface area (Å²) in [6, 6.07) is 3.63. The second kappa shape index (κ2) is 4.39. The molecule has 76 valence electrons. The zero-order valence-corrected chi connectivity index (χ0v) is 7.83. The van der Waals surface area contributed by atoms with E-state index in [9.17, 15) is 14.3 Å². The fraction of sp³-hybridized carbons (Fsp3) is 0.222. The second-order valence-electron chi connectivity index (χ2n) is 2.78. The summed E-state index contributed by atoms with van der Waals surface area (Å²) in [5, 5.41) is 18.0. The lowest BCUT2D eigenvalue weighted by atomic mass is 10.1. The second-order valence-corrected chi connectivity index (χ2v) is 3.22. The molecule has 0 saturated heterocycles. The van der Waals surface area contributed by atoms with Gasteiger partial charge >= 0.3 is 5.97 Å². The van der Waals surface area contributed by atoms with Crippen LogP contribution in [-0.2, 0) is 4.79 Å². The minimum absolute atomic E-state index is 0.0973. The third kappa shape index (κ3) is 2.68. The number of aliphatic hydroxyl groups excluding tert-OH is 1. The molecule has 0 aliphatic rings. The van der Waals surface area contributed by atoms with Crippen molar-refractivity contribution in [2.24, 2.45) is 0 Å². The van der Waals surface area contributed by atoms with Gasteiger partial charge in [0.05, 0.1) is 12.5 Å². The van der Waals surface area contributed by atoms with E-state index in [-0.39, 0.29) is 10.6 Å². The fourth-order valence-corrected chi connectivity index (χ4v) is 1.23. The predicted octanol–water partition coefficient (Wildman–Crippen LogP) is 1.99. The minimum Gasteiger partial charge on any atom is -0.481 e. The maximum absolute atomic E-state index is 13.1. The summed E-state index contributed by atoms with van der Waals surface area (Å²) in [6.07, 6.45) is -1.91. The van der Waals surface area contributed by atoms with E-state index in [0.29, 0.717) is 0 Å². The maximum Gasteiger partial charge on any atom is 0.306 e. The first-order valence-corrected chi connectivity index (χ1v) is 4.23. The smallest absolute Gasteiger partial charge is 0.306 e. The van der Waals surface area contributed by atoms with Crippen LogP contribution in [0.3, 0.4) is 0 Å². The summed E-state index contributed by atoms with van der Waals surface area (Å²) < 4.78 is 13.1. The van der Waals surface area contributed by atoms with Crippen LogP contribution in [0.5, 0.6) is 0 Å². The van der Waals surface area contributed by atoms with Gasteiger partial charge in [0, 0.05) is 10.6 Å². The molecule has 5 heteroatoms. The molecular weight excluding hydrogens is 211 g/mol. The number of carboxylic acid groups (broad SMARTS) is 1. The van der Waals surface area contributed by atoms with Gasteiger partial charge in [0.1, 0.15) is 5.82 Å². The van der Waals surface area contributed by atoms with Gasteiger partial charge in [0.15, 0.2) is 0 Å². The molecule has 0 fully saturated rings. The van der Waals surface area contributed by atoms with E-state index in [4.69, 9.17) is 16.7 Å². The summed E-state index contributed by atoms with van der Waals surface area (Å²) in [5.74, 6) is -1.86. The Bertz CT molecular complexity index is 354. The largest absolute Gasteiger partial charge is 0.481 e. The van der Waals surface area contributed by atoms with Gasteiger partial charge in [-0.3, -0.25) is 4.79 Å². The Labute approximate surface area is 84.7 Å². The molecule has 1 aromatic rings. The van der Waals surface area contributed by atoms with Gasteiger partial charge in [0.2, 0.25) is 0 Å². The van der Waals surface area contributed by atoms with Gasteiger partial charge in [-0.15, -0.1) is 0 Å². The highest BCUT2D eigenvalue weighted by atomic mass is 35.5. The van der Waals surface area contributed by atoms with Crippen LogP contribution in [0.4, 0.5) is 4.39 Å². The molecule has 0 aliphatic carbocycles. The van der Waals surface area contributed by atoms with Crippen LogP contribution >= 0.6 is 11.6 Å². The van der Waals surface area contributed by atoms with Gasteiger partial charge in [0.25, 0.3) is 0 Å². The summed E-state index contributed by atoms with van der Waals surface area (Å²) in [4.78, 5) is 10.3. The summed E-state index contributed by atoms with van der Waals surface area (Å²) in [6.45, 7) is 0. The first-order valence-electron chi connectivity index (χ1n) is 3.85. The Kier molecular flexibility index (Phi) is 3.43. The number of carboxylic acids is 1. The molecule has 1 aromatic carbocycles. The van der Waals surface area contributed by atoms with E-state index in [1.165, 1.54) is 12.1 Å². The molecule has 1 atom stereocenters. The van der Waals surface area contributed by atoms with Gasteiger partial charge < -0.3 is 10.2 Å². The number of hydrogen-bond acceptors (Lipinski definition) is 2. The zero-order chi connectivity index (χ0) is 10.7. The Hall–Kier alpha value is -1.13. The van der Waals surface area contributed by atoms with E-state index in [1.54, 1.807) is 0 Å². The Morgan fingerprint density at radius 3 is 2.79 bits per heavy atom. The molecule has 3 nitrogen and oxygen atoms in total. The lowest BCUT2D eigenvalue weighted by molar-refractivity contribution is -0.139. The van der Waals surface area contributed by atoms with Crippen molar-refractivity contribution < 1.29 is 19.4 Å². The molecule has 0 amide bonds. The Balaban J connectivity index is 2.93. The topological polar surface area (TPSA) is 57.5 Å². The van der Waals surface area contributed by atoms with Crippen molar-refractivity contribution in [1.82, 2.24) is 0 Å². The van der Waals surface area contributed by atoms with Crippen LogP contribution in [0.25, 0.3) is 0 Å². The first-order chi connectivity index (χ1) is 6.50. The highest BCUT2D eigenvalue weighted by molar-refractivity contribution is 6.30. The van der Waals surface area contributed by atoms with Crippen LogP contribution in [0.2, 0.25) is 5.02 Å². The molecule has 0 aromatic heterocycles. The standard InChI is InChI=1S/C9H8ClFO3/c10-5-1-2-7(11)6(3-5)8(12)4-9(13)14/h1-3,8,12H,4H2,(H,13,14)/t8-/m0/s1. The highest BCUT2D eigenvalue weighted by Crippen LogP contribution is 2.23. The van der Waals surface area contributed by atoms with Crippen molar-refractivity contribution in [2.45, 2.75) is 12.5 Å². The average molecular weight is 219 g/mol. The summed E-state index contributed by atoms with van der Waals surface area (Å²) >= 11 is 5.57. The van der Waals surface area contributed by atoms with Gasteiger partial charge in [-0.25, -0.2) is 4.39 Å². The quantitative estimate of drug-likeness (QED) is 0.816. The van der Waals surface area contributed by atoms with Crippen LogP contribution < -0.4 is 0 Å². The van der Waals surface area contributed by atoms with Crippen molar-refractivity contribution in [3.05, 3.63) is 34.6 Å². The van der Waals surface area contributed by atoms with E-state index in [1.807, 2.05) is 0 Å². The van der Waals surface area contributed by atoms with Crippen molar-refractivity contribution >= 4 is 17.6 Å². The lowest BCUT2D eigenvalue weighted by Gasteiger charge is -2.09. The number of carbonyl (C=O) groups is 1. The number of aliphatic hydroxyl groups is 1. The Morgan fingerprint density at radius 2 is 2.21 bits per heavy atom. The molecule has 14 heavy (non-hydrogen) atoms. The number of halogens is 2. The van der Waals surface area contributed by atoms with Gasteiger partial charge in [-0.1, -0.05) is 11.6 Å². The lowest BCUT2D eigenvalue weighted by Crippen LogP contribution is -2.07. The van der Waals surface area contributed by atoms with Crippen LogP contribution in [0, 0.1) is 5.82 Å². The third-order valence-electron chi connectivity index (χ3n) is 1.69. The van der Waals surface area contributed by atoms with Crippen LogP contribution in [0.15, 0.2) is 18.2 Å². The normalized spacial score (nSPS) is 12.5. The number of hydrogen-bond donors (Lipinski definition) is 2. The molecule has 0 bridgehead atoms. The van der Waals surface area contributed by atoms with Crippen molar-refractivity contribution in [3.8, 4) is 0 Å². The van der Waals surface area contributed by atoms with Crippen molar-refractivity contribution in [3.63, 3.8) is 0 Å². The van der Waals surface area contributed by atoms with E-state index in [2.05, 4.69) is 0 Å². The molecule has 0 aliphatic heterocycles. The molecule has 0 spiro atoms. The fourth-order valence-electron chi connectivity index (χ4n) is 1.05. The predicted molar refractivity (Wildman–Crippen MR) is 48.6 cm³/mol. The molecule has 0 unspecified atom stereocenters. The van der Waals surface area contributed by atoms with Crippen molar-refractivity contribution in [2.75, 3.05) is 0 Å². The third-order valence-corrected chi connectivity index (χ3v) is 1.92. The molecule has 0 saturated carbocycles. The molecule has 1 rings (SSSR count).